The third-order valence-electron chi connectivity index (χ3n) is 3.66. The van der Waals surface area contributed by atoms with E-state index in [1.807, 2.05) is 0 Å². The molecular formula is C18H20N2O6S. The molecule has 144 valence electrons. The molecule has 1 amide bonds. The van der Waals surface area contributed by atoms with Crippen molar-refractivity contribution in [3.05, 3.63) is 47.5 Å². The molecule has 9 heteroatoms. The fraction of sp³-hybridized carbons (Fsp3) is 0.222. The first kappa shape index (κ1) is 20.2. The number of methoxy groups -OCH3 is 2. The molecule has 2 aromatic carbocycles. The van der Waals surface area contributed by atoms with Gasteiger partial charge in [0.25, 0.3) is 10.0 Å². The van der Waals surface area contributed by atoms with E-state index in [-0.39, 0.29) is 22.1 Å². The van der Waals surface area contributed by atoms with Crippen molar-refractivity contribution in [2.24, 2.45) is 0 Å². The van der Waals surface area contributed by atoms with Crippen LogP contribution in [0.25, 0.3) is 0 Å². The number of esters is 1. The quantitative estimate of drug-likeness (QED) is 0.731. The smallest absolute Gasteiger partial charge is 0.337 e. The number of aryl methyl sites for hydroxylation is 1. The van der Waals surface area contributed by atoms with E-state index in [0.717, 1.165) is 0 Å². The van der Waals surface area contributed by atoms with Crippen LogP contribution in [0.15, 0.2) is 41.3 Å². The SMILES string of the molecule is COC(=O)c1ccc(C)c(S(=O)(=O)Nc2ccc(NC(C)=O)c(OC)c2)c1. The van der Waals surface area contributed by atoms with E-state index in [0.29, 0.717) is 17.0 Å². The largest absolute Gasteiger partial charge is 0.494 e. The molecule has 0 unspecified atom stereocenters. The molecule has 0 saturated carbocycles. The van der Waals surface area contributed by atoms with Gasteiger partial charge in [0, 0.05) is 13.0 Å². The minimum Gasteiger partial charge on any atom is -0.494 e. The lowest BCUT2D eigenvalue weighted by atomic mass is 10.1. The number of benzene rings is 2. The minimum atomic E-state index is -3.97. The summed E-state index contributed by atoms with van der Waals surface area (Å²) in [5, 5.41) is 2.59. The maximum Gasteiger partial charge on any atom is 0.337 e. The summed E-state index contributed by atoms with van der Waals surface area (Å²) in [4.78, 5) is 22.9. The summed E-state index contributed by atoms with van der Waals surface area (Å²) < 4.78 is 37.8. The van der Waals surface area contributed by atoms with Gasteiger partial charge in [0.15, 0.2) is 0 Å². The van der Waals surface area contributed by atoms with Gasteiger partial charge in [-0.3, -0.25) is 9.52 Å². The van der Waals surface area contributed by atoms with Crippen molar-refractivity contribution in [3.63, 3.8) is 0 Å². The van der Waals surface area contributed by atoms with Crippen molar-refractivity contribution in [1.82, 2.24) is 0 Å². The fourth-order valence-electron chi connectivity index (χ4n) is 2.39. The van der Waals surface area contributed by atoms with Crippen molar-refractivity contribution in [1.29, 1.82) is 0 Å². The Labute approximate surface area is 157 Å². The summed E-state index contributed by atoms with van der Waals surface area (Å²) in [6, 6.07) is 8.74. The van der Waals surface area contributed by atoms with E-state index in [2.05, 4.69) is 14.8 Å². The zero-order valence-corrected chi connectivity index (χ0v) is 16.1. The van der Waals surface area contributed by atoms with E-state index in [9.17, 15) is 18.0 Å². The number of hydrogen-bond donors (Lipinski definition) is 2. The predicted molar refractivity (Wildman–Crippen MR) is 101 cm³/mol. The number of ether oxygens (including phenoxy) is 2. The Bertz CT molecular complexity index is 985. The lowest BCUT2D eigenvalue weighted by Gasteiger charge is -2.14. The van der Waals surface area contributed by atoms with Gasteiger partial charge in [-0.1, -0.05) is 6.07 Å². The number of rotatable bonds is 6. The Morgan fingerprint density at radius 3 is 2.33 bits per heavy atom. The molecule has 0 radical (unpaired) electrons. The number of nitrogens with one attached hydrogen (secondary N) is 2. The van der Waals surface area contributed by atoms with E-state index in [4.69, 9.17) is 4.74 Å². The molecule has 2 N–H and O–H groups in total. The Hall–Kier alpha value is -3.07. The molecule has 0 aliphatic rings. The molecule has 0 aliphatic carbocycles. The summed E-state index contributed by atoms with van der Waals surface area (Å²) in [6.45, 7) is 2.98. The molecule has 0 aromatic heterocycles. The van der Waals surface area contributed by atoms with Crippen LogP contribution in [0.5, 0.6) is 5.75 Å². The van der Waals surface area contributed by atoms with Gasteiger partial charge in [-0.05, 0) is 36.8 Å². The molecule has 0 spiro atoms. The zero-order valence-electron chi connectivity index (χ0n) is 15.3. The molecule has 0 saturated heterocycles. The summed E-state index contributed by atoms with van der Waals surface area (Å²) in [7, 11) is -1.34. The molecule has 0 fully saturated rings. The maximum absolute atomic E-state index is 12.8. The Balaban J connectivity index is 2.39. The molecule has 0 heterocycles. The summed E-state index contributed by atoms with van der Waals surface area (Å²) in [5.41, 5.74) is 1.25. The Morgan fingerprint density at radius 2 is 1.74 bits per heavy atom. The first-order chi connectivity index (χ1) is 12.7. The highest BCUT2D eigenvalue weighted by atomic mass is 32.2. The lowest BCUT2D eigenvalue weighted by molar-refractivity contribution is -0.114. The average Bonchev–Trinajstić information content (AvgIpc) is 2.61. The highest BCUT2D eigenvalue weighted by molar-refractivity contribution is 7.92. The van der Waals surface area contributed by atoms with Crippen LogP contribution in [0.4, 0.5) is 11.4 Å². The number of amides is 1. The molecule has 0 aliphatic heterocycles. The summed E-state index contributed by atoms with van der Waals surface area (Å²) >= 11 is 0. The summed E-state index contributed by atoms with van der Waals surface area (Å²) in [5.74, 6) is -0.616. The number of carbonyl (C=O) groups excluding carboxylic acids is 2. The van der Waals surface area contributed by atoms with Gasteiger partial charge in [-0.15, -0.1) is 0 Å². The fourth-order valence-corrected chi connectivity index (χ4v) is 3.71. The second-order valence-electron chi connectivity index (χ2n) is 5.67. The van der Waals surface area contributed by atoms with Crippen LogP contribution in [-0.2, 0) is 19.6 Å². The number of sulfonamides is 1. The molecule has 27 heavy (non-hydrogen) atoms. The van der Waals surface area contributed by atoms with E-state index < -0.39 is 16.0 Å². The topological polar surface area (TPSA) is 111 Å². The molecule has 8 nitrogen and oxygen atoms in total. The average molecular weight is 392 g/mol. The first-order valence-electron chi connectivity index (χ1n) is 7.85. The standard InChI is InChI=1S/C18H20N2O6S/c1-11-5-6-13(18(22)26-4)9-17(11)27(23,24)20-14-7-8-15(19-12(2)21)16(10-14)25-3/h5-10,20H,1-4H3,(H,19,21). The highest BCUT2D eigenvalue weighted by Gasteiger charge is 2.20. The highest BCUT2D eigenvalue weighted by Crippen LogP contribution is 2.29. The second-order valence-corrected chi connectivity index (χ2v) is 7.32. The van der Waals surface area contributed by atoms with Crippen LogP contribution in [0.3, 0.4) is 0 Å². The van der Waals surface area contributed by atoms with Crippen molar-refractivity contribution < 1.29 is 27.5 Å². The Morgan fingerprint density at radius 1 is 1.04 bits per heavy atom. The number of anilines is 2. The van der Waals surface area contributed by atoms with Gasteiger partial charge < -0.3 is 14.8 Å². The van der Waals surface area contributed by atoms with Crippen LogP contribution in [0.1, 0.15) is 22.8 Å². The lowest BCUT2D eigenvalue weighted by Crippen LogP contribution is -2.16. The van der Waals surface area contributed by atoms with Gasteiger partial charge in [0.2, 0.25) is 5.91 Å². The third-order valence-corrected chi connectivity index (χ3v) is 5.19. The van der Waals surface area contributed by atoms with Crippen molar-refractivity contribution in [2.75, 3.05) is 24.3 Å². The van der Waals surface area contributed by atoms with Crippen LogP contribution < -0.4 is 14.8 Å². The minimum absolute atomic E-state index is 0.0460. The second kappa shape index (κ2) is 8.09. The van der Waals surface area contributed by atoms with Crippen LogP contribution >= 0.6 is 0 Å². The maximum atomic E-state index is 12.8. The van der Waals surface area contributed by atoms with Crippen LogP contribution in [-0.4, -0.2) is 34.5 Å². The molecule has 2 aromatic rings. The van der Waals surface area contributed by atoms with Gasteiger partial charge >= 0.3 is 5.97 Å². The molecule has 0 bridgehead atoms. The summed E-state index contributed by atoms with van der Waals surface area (Å²) in [6.07, 6.45) is 0. The zero-order chi connectivity index (χ0) is 20.2. The molecule has 2 rings (SSSR count). The van der Waals surface area contributed by atoms with Crippen molar-refractivity contribution in [3.8, 4) is 5.75 Å². The van der Waals surface area contributed by atoms with E-state index in [1.54, 1.807) is 6.92 Å². The van der Waals surface area contributed by atoms with Crippen molar-refractivity contribution in [2.45, 2.75) is 18.7 Å². The van der Waals surface area contributed by atoms with Crippen LogP contribution in [0, 0.1) is 6.92 Å². The number of hydrogen-bond acceptors (Lipinski definition) is 6. The van der Waals surface area contributed by atoms with E-state index >= 15 is 0 Å². The first-order valence-corrected chi connectivity index (χ1v) is 9.33. The third kappa shape index (κ3) is 4.76. The molecular weight excluding hydrogens is 372 g/mol. The van der Waals surface area contributed by atoms with Gasteiger partial charge in [0.05, 0.1) is 36.1 Å². The van der Waals surface area contributed by atoms with Gasteiger partial charge in [-0.2, -0.15) is 0 Å². The van der Waals surface area contributed by atoms with Gasteiger partial charge in [0.1, 0.15) is 5.75 Å². The van der Waals surface area contributed by atoms with Crippen LogP contribution in [0.2, 0.25) is 0 Å². The number of carbonyl (C=O) groups is 2. The van der Waals surface area contributed by atoms with Gasteiger partial charge in [-0.25, -0.2) is 13.2 Å². The molecule has 0 atom stereocenters. The monoisotopic (exact) mass is 392 g/mol. The van der Waals surface area contributed by atoms with Crippen molar-refractivity contribution >= 4 is 33.3 Å². The Kier molecular flexibility index (Phi) is 6.06. The predicted octanol–water partition coefficient (Wildman–Crippen LogP) is 2.55. The van der Waals surface area contributed by atoms with E-state index in [1.165, 1.54) is 57.5 Å². The normalized spacial score (nSPS) is 10.8.